The molecule has 1 saturated carbocycles. The van der Waals surface area contributed by atoms with Crippen LogP contribution in [0, 0.1) is 5.41 Å². The number of rotatable bonds is 5. The van der Waals surface area contributed by atoms with Gasteiger partial charge in [-0.15, -0.1) is 0 Å². The van der Waals surface area contributed by atoms with E-state index in [1.165, 1.54) is 6.42 Å². The van der Waals surface area contributed by atoms with Crippen molar-refractivity contribution in [2.45, 2.75) is 57.0 Å². The molecule has 21 heavy (non-hydrogen) atoms. The van der Waals surface area contributed by atoms with Crippen LogP contribution >= 0.6 is 0 Å². The standard InChI is InChI=1S/C15H27N3O2S/c1-15(2)8-6-5-7-14(15)17-21(19,20)13-9-12(10-16-3)18(4)11-13/h9,11,14,16-17H,5-8,10H2,1-4H3. The van der Waals surface area contributed by atoms with E-state index >= 15 is 0 Å². The van der Waals surface area contributed by atoms with E-state index in [4.69, 9.17) is 0 Å². The van der Waals surface area contributed by atoms with E-state index in [9.17, 15) is 8.42 Å². The molecule has 1 atom stereocenters. The zero-order valence-electron chi connectivity index (χ0n) is 13.4. The first kappa shape index (κ1) is 16.5. The summed E-state index contributed by atoms with van der Waals surface area (Å²) in [5.41, 5.74) is 0.981. The summed E-state index contributed by atoms with van der Waals surface area (Å²) in [6.07, 6.45) is 5.95. The Morgan fingerprint density at radius 1 is 1.38 bits per heavy atom. The summed E-state index contributed by atoms with van der Waals surface area (Å²) in [4.78, 5) is 0.358. The Labute approximate surface area is 128 Å². The molecule has 2 rings (SSSR count). The van der Waals surface area contributed by atoms with Crippen LogP contribution in [0.15, 0.2) is 17.2 Å². The second-order valence-electron chi connectivity index (χ2n) is 6.72. The molecule has 120 valence electrons. The van der Waals surface area contributed by atoms with Gasteiger partial charge in [-0.1, -0.05) is 26.7 Å². The molecule has 1 aliphatic rings. The van der Waals surface area contributed by atoms with Gasteiger partial charge in [-0.05, 0) is 31.4 Å². The second kappa shape index (κ2) is 6.10. The fourth-order valence-corrected chi connectivity index (χ4v) is 4.58. The lowest BCUT2D eigenvalue weighted by atomic mass is 9.74. The van der Waals surface area contributed by atoms with Gasteiger partial charge in [-0.2, -0.15) is 0 Å². The van der Waals surface area contributed by atoms with Crippen LogP contribution in [-0.4, -0.2) is 26.1 Å². The lowest BCUT2D eigenvalue weighted by Gasteiger charge is -2.38. The van der Waals surface area contributed by atoms with Crippen LogP contribution in [0.2, 0.25) is 0 Å². The average molecular weight is 313 g/mol. The Kier molecular flexibility index (Phi) is 4.80. The number of hydrogen-bond donors (Lipinski definition) is 2. The number of nitrogens with zero attached hydrogens (tertiary/aromatic N) is 1. The average Bonchev–Trinajstić information content (AvgIpc) is 2.75. The maximum absolute atomic E-state index is 12.6. The van der Waals surface area contributed by atoms with Gasteiger partial charge in [0.05, 0.1) is 4.90 Å². The molecule has 1 aromatic heterocycles. The topological polar surface area (TPSA) is 63.1 Å². The summed E-state index contributed by atoms with van der Waals surface area (Å²) >= 11 is 0. The molecule has 5 nitrogen and oxygen atoms in total. The van der Waals surface area contributed by atoms with Crippen LogP contribution in [0.4, 0.5) is 0 Å². The van der Waals surface area contributed by atoms with Crippen LogP contribution in [0.25, 0.3) is 0 Å². The maximum atomic E-state index is 12.6. The number of sulfonamides is 1. The lowest BCUT2D eigenvalue weighted by molar-refractivity contribution is 0.188. The number of aromatic nitrogens is 1. The third-order valence-electron chi connectivity index (χ3n) is 4.56. The molecule has 0 spiro atoms. The first-order chi connectivity index (χ1) is 9.76. The predicted octanol–water partition coefficient (Wildman–Crippen LogP) is 1.99. The molecule has 6 heteroatoms. The van der Waals surface area contributed by atoms with Crippen molar-refractivity contribution in [3.8, 4) is 0 Å². The van der Waals surface area contributed by atoms with E-state index < -0.39 is 10.0 Å². The smallest absolute Gasteiger partial charge is 0.242 e. The van der Waals surface area contributed by atoms with Crippen molar-refractivity contribution in [1.29, 1.82) is 0 Å². The van der Waals surface area contributed by atoms with Gasteiger partial charge in [-0.25, -0.2) is 13.1 Å². The summed E-state index contributed by atoms with van der Waals surface area (Å²) in [5.74, 6) is 0. The Morgan fingerprint density at radius 2 is 2.10 bits per heavy atom. The first-order valence-corrected chi connectivity index (χ1v) is 9.07. The molecule has 0 bridgehead atoms. The monoisotopic (exact) mass is 313 g/mol. The predicted molar refractivity (Wildman–Crippen MR) is 84.5 cm³/mol. The summed E-state index contributed by atoms with van der Waals surface area (Å²) in [5, 5.41) is 3.05. The molecule has 1 fully saturated rings. The van der Waals surface area contributed by atoms with Gasteiger partial charge in [0.2, 0.25) is 10.0 Å². The third kappa shape index (κ3) is 3.67. The summed E-state index contributed by atoms with van der Waals surface area (Å²) in [6, 6.07) is 1.76. The van der Waals surface area contributed by atoms with Crippen molar-refractivity contribution < 1.29 is 8.42 Å². The van der Waals surface area contributed by atoms with Crippen molar-refractivity contribution in [2.24, 2.45) is 12.5 Å². The summed E-state index contributed by atoms with van der Waals surface area (Å²) in [6.45, 7) is 4.95. The molecule has 2 N–H and O–H groups in total. The summed E-state index contributed by atoms with van der Waals surface area (Å²) < 4.78 is 30.0. The fraction of sp³-hybridized carbons (Fsp3) is 0.733. The molecule has 0 aliphatic heterocycles. The minimum atomic E-state index is -3.45. The van der Waals surface area contributed by atoms with E-state index in [0.29, 0.717) is 11.4 Å². The molecule has 1 aromatic rings. The highest BCUT2D eigenvalue weighted by Gasteiger charge is 2.35. The van der Waals surface area contributed by atoms with Crippen LogP contribution in [0.1, 0.15) is 45.2 Å². The van der Waals surface area contributed by atoms with Crippen LogP contribution < -0.4 is 10.0 Å². The van der Waals surface area contributed by atoms with E-state index in [0.717, 1.165) is 25.0 Å². The number of hydrogen-bond acceptors (Lipinski definition) is 3. The van der Waals surface area contributed by atoms with Crippen molar-refractivity contribution >= 4 is 10.0 Å². The number of nitrogens with one attached hydrogen (secondary N) is 2. The van der Waals surface area contributed by atoms with Gasteiger partial charge in [0, 0.05) is 31.5 Å². The van der Waals surface area contributed by atoms with Crippen molar-refractivity contribution in [3.05, 3.63) is 18.0 Å². The van der Waals surface area contributed by atoms with E-state index in [-0.39, 0.29) is 11.5 Å². The molecule has 1 heterocycles. The van der Waals surface area contributed by atoms with Gasteiger partial charge in [0.15, 0.2) is 0 Å². The van der Waals surface area contributed by atoms with E-state index in [1.807, 2.05) is 18.7 Å². The van der Waals surface area contributed by atoms with Crippen LogP contribution in [-0.2, 0) is 23.6 Å². The van der Waals surface area contributed by atoms with Gasteiger partial charge >= 0.3 is 0 Å². The van der Waals surface area contributed by atoms with Gasteiger partial charge in [-0.3, -0.25) is 0 Å². The van der Waals surface area contributed by atoms with E-state index in [1.54, 1.807) is 12.3 Å². The molecule has 0 radical (unpaired) electrons. The molecule has 0 amide bonds. The van der Waals surface area contributed by atoms with Crippen LogP contribution in [0.3, 0.4) is 0 Å². The minimum absolute atomic E-state index is 0.0178. The summed E-state index contributed by atoms with van der Waals surface area (Å²) in [7, 11) is 0.273. The molecule has 0 aromatic carbocycles. The SMILES string of the molecule is CNCc1cc(S(=O)(=O)NC2CCCCC2(C)C)cn1C. The molecular weight excluding hydrogens is 286 g/mol. The third-order valence-corrected chi connectivity index (χ3v) is 5.99. The first-order valence-electron chi connectivity index (χ1n) is 7.58. The quantitative estimate of drug-likeness (QED) is 0.874. The molecule has 1 unspecified atom stereocenters. The van der Waals surface area contributed by atoms with Crippen LogP contribution in [0.5, 0.6) is 0 Å². The highest BCUT2D eigenvalue weighted by molar-refractivity contribution is 7.89. The molecular formula is C15H27N3O2S. The zero-order chi connectivity index (χ0) is 15.7. The highest BCUT2D eigenvalue weighted by Crippen LogP contribution is 2.36. The van der Waals surface area contributed by atoms with Crippen molar-refractivity contribution in [1.82, 2.24) is 14.6 Å². The Bertz CT molecular complexity index is 590. The Hall–Kier alpha value is -0.850. The maximum Gasteiger partial charge on any atom is 0.242 e. The molecule has 1 aliphatic carbocycles. The number of aryl methyl sites for hydroxylation is 1. The zero-order valence-corrected chi connectivity index (χ0v) is 14.3. The van der Waals surface area contributed by atoms with E-state index in [2.05, 4.69) is 23.9 Å². The molecule has 0 saturated heterocycles. The minimum Gasteiger partial charge on any atom is -0.352 e. The lowest BCUT2D eigenvalue weighted by Crippen LogP contribution is -2.46. The van der Waals surface area contributed by atoms with Gasteiger partial charge < -0.3 is 9.88 Å². The van der Waals surface area contributed by atoms with Crippen molar-refractivity contribution in [3.63, 3.8) is 0 Å². The highest BCUT2D eigenvalue weighted by atomic mass is 32.2. The Morgan fingerprint density at radius 3 is 2.71 bits per heavy atom. The second-order valence-corrected chi connectivity index (χ2v) is 8.43. The van der Waals surface area contributed by atoms with Crippen molar-refractivity contribution in [2.75, 3.05) is 7.05 Å². The van der Waals surface area contributed by atoms with Gasteiger partial charge in [0.1, 0.15) is 0 Å². The fourth-order valence-electron chi connectivity index (χ4n) is 3.05. The largest absolute Gasteiger partial charge is 0.352 e. The van der Waals surface area contributed by atoms with Gasteiger partial charge in [0.25, 0.3) is 0 Å². The Balaban J connectivity index is 2.20. The normalized spacial score (nSPS) is 22.4.